The summed E-state index contributed by atoms with van der Waals surface area (Å²) in [4.78, 5) is 29.1. The second kappa shape index (κ2) is 7.88. The van der Waals surface area contributed by atoms with E-state index in [1.165, 1.54) is 0 Å². The lowest BCUT2D eigenvalue weighted by Crippen LogP contribution is -2.52. The van der Waals surface area contributed by atoms with E-state index in [-0.39, 0.29) is 5.91 Å². The number of benzene rings is 2. The van der Waals surface area contributed by atoms with E-state index >= 15 is 0 Å². The van der Waals surface area contributed by atoms with Gasteiger partial charge in [0.2, 0.25) is 0 Å². The summed E-state index contributed by atoms with van der Waals surface area (Å²) in [5.41, 5.74) is 3.20. The molecule has 1 unspecified atom stereocenters. The van der Waals surface area contributed by atoms with Crippen LogP contribution >= 0.6 is 23.2 Å². The van der Waals surface area contributed by atoms with Crippen LogP contribution in [0, 0.1) is 0 Å². The number of carbonyl (C=O) groups is 1. The maximum Gasteiger partial charge on any atom is 0.272 e. The normalized spacial score (nSPS) is 22.0. The van der Waals surface area contributed by atoms with Crippen LogP contribution in [-0.2, 0) is 4.79 Å². The number of aliphatic imine (C=N–C) groups is 2. The van der Waals surface area contributed by atoms with E-state index in [2.05, 4.69) is 23.4 Å². The lowest BCUT2D eigenvalue weighted by Gasteiger charge is -2.34. The molecule has 0 N–H and O–H groups in total. The highest BCUT2D eigenvalue weighted by Crippen LogP contribution is 2.36. The Morgan fingerprint density at radius 1 is 1.03 bits per heavy atom. The number of amidine groups is 1. The van der Waals surface area contributed by atoms with Gasteiger partial charge in [-0.2, -0.15) is 0 Å². The van der Waals surface area contributed by atoms with Crippen LogP contribution in [0.2, 0.25) is 10.0 Å². The summed E-state index contributed by atoms with van der Waals surface area (Å²) in [5.74, 6) is 0.374. The van der Waals surface area contributed by atoms with E-state index in [0.717, 1.165) is 37.3 Å². The van der Waals surface area contributed by atoms with Crippen molar-refractivity contribution in [1.82, 2.24) is 9.80 Å². The van der Waals surface area contributed by atoms with E-state index in [0.29, 0.717) is 33.0 Å². The summed E-state index contributed by atoms with van der Waals surface area (Å²) in [6.07, 6.45) is -0.568. The minimum atomic E-state index is -0.568. The molecule has 0 aromatic heterocycles. The van der Waals surface area contributed by atoms with Crippen LogP contribution in [0.3, 0.4) is 0 Å². The maximum absolute atomic E-state index is 13.6. The van der Waals surface area contributed by atoms with Gasteiger partial charge in [-0.1, -0.05) is 48.0 Å². The molecule has 5 rings (SSSR count). The zero-order valence-electron chi connectivity index (χ0n) is 17.1. The zero-order valence-corrected chi connectivity index (χ0v) is 18.6. The quantitative estimate of drug-likeness (QED) is 0.696. The first-order valence-corrected chi connectivity index (χ1v) is 10.9. The Kier molecular flexibility index (Phi) is 5.18. The molecule has 1 amide bonds. The van der Waals surface area contributed by atoms with Crippen LogP contribution in [0.1, 0.15) is 11.1 Å². The molecule has 0 aliphatic carbocycles. The molecule has 3 aliphatic heterocycles. The molecule has 2 aromatic carbocycles. The summed E-state index contributed by atoms with van der Waals surface area (Å²) in [6.45, 7) is 7.50. The standard InChI is InChI=1S/C23H21Cl2N5O/c1-14-21-27-22(29-11-9-28(2)10-12-29)23(31)30(21)19-8-7-15(24)13-17(19)20(26-14)16-5-3-4-6-18(16)25/h3-8,13,22H,1,9-12H2,2H3. The number of nitrogens with zero attached hydrogens (tertiary/aromatic N) is 5. The van der Waals surface area contributed by atoms with E-state index in [1.807, 2.05) is 36.4 Å². The van der Waals surface area contributed by atoms with Gasteiger partial charge in [0.1, 0.15) is 0 Å². The van der Waals surface area contributed by atoms with Crippen molar-refractivity contribution in [2.45, 2.75) is 6.17 Å². The molecule has 6 nitrogen and oxygen atoms in total. The number of amides is 1. The monoisotopic (exact) mass is 453 g/mol. The first-order valence-electron chi connectivity index (χ1n) is 10.1. The molecule has 8 heteroatoms. The van der Waals surface area contributed by atoms with Crippen molar-refractivity contribution in [3.05, 3.63) is 75.9 Å². The minimum absolute atomic E-state index is 0.0973. The van der Waals surface area contributed by atoms with Gasteiger partial charge in [-0.15, -0.1) is 0 Å². The molecule has 1 fully saturated rings. The van der Waals surface area contributed by atoms with Crippen molar-refractivity contribution in [3.63, 3.8) is 0 Å². The molecule has 158 valence electrons. The Morgan fingerprint density at radius 3 is 2.52 bits per heavy atom. The fourth-order valence-corrected chi connectivity index (χ4v) is 4.58. The summed E-state index contributed by atoms with van der Waals surface area (Å²) >= 11 is 12.8. The number of hydrogen-bond acceptors (Lipinski definition) is 5. The lowest BCUT2D eigenvalue weighted by atomic mass is 10.00. The molecule has 3 aliphatic rings. The van der Waals surface area contributed by atoms with Gasteiger partial charge in [-0.05, 0) is 31.3 Å². The van der Waals surface area contributed by atoms with Crippen LogP contribution in [-0.4, -0.2) is 66.6 Å². The molecule has 0 bridgehead atoms. The van der Waals surface area contributed by atoms with E-state index < -0.39 is 6.17 Å². The number of rotatable bonds is 2. The van der Waals surface area contributed by atoms with Crippen LogP contribution < -0.4 is 4.90 Å². The predicted molar refractivity (Wildman–Crippen MR) is 125 cm³/mol. The first-order chi connectivity index (χ1) is 14.9. The average molecular weight is 454 g/mol. The number of carbonyl (C=O) groups excluding carboxylic acids is 1. The molecular formula is C23H21Cl2N5O. The third-order valence-electron chi connectivity index (χ3n) is 5.87. The second-order valence-electron chi connectivity index (χ2n) is 7.89. The van der Waals surface area contributed by atoms with Gasteiger partial charge in [0.15, 0.2) is 12.0 Å². The van der Waals surface area contributed by atoms with Gasteiger partial charge in [0.25, 0.3) is 5.91 Å². The molecule has 1 atom stereocenters. The number of fused-ring (bicyclic) bond motifs is 3. The topological polar surface area (TPSA) is 51.5 Å². The van der Waals surface area contributed by atoms with Crippen molar-refractivity contribution in [3.8, 4) is 0 Å². The average Bonchev–Trinajstić information content (AvgIpc) is 3.04. The maximum atomic E-state index is 13.6. The second-order valence-corrected chi connectivity index (χ2v) is 8.73. The minimum Gasteiger partial charge on any atom is -0.304 e. The highest BCUT2D eigenvalue weighted by Gasteiger charge is 2.43. The first kappa shape index (κ1) is 20.4. The van der Waals surface area contributed by atoms with Gasteiger partial charge < -0.3 is 4.90 Å². The molecule has 31 heavy (non-hydrogen) atoms. The summed E-state index contributed by atoms with van der Waals surface area (Å²) in [7, 11) is 2.08. The smallest absolute Gasteiger partial charge is 0.272 e. The number of anilines is 1. The zero-order chi connectivity index (χ0) is 21.7. The number of halogens is 2. The molecule has 2 aromatic rings. The Hall–Kier alpha value is -2.51. The molecule has 0 radical (unpaired) electrons. The Labute approximate surface area is 191 Å². The van der Waals surface area contributed by atoms with Crippen LogP contribution in [0.15, 0.2) is 64.7 Å². The van der Waals surface area contributed by atoms with Crippen molar-refractivity contribution < 1.29 is 4.79 Å². The largest absolute Gasteiger partial charge is 0.304 e. The Morgan fingerprint density at radius 2 is 1.77 bits per heavy atom. The summed E-state index contributed by atoms with van der Waals surface area (Å²) in [5, 5.41) is 1.11. The number of piperazine rings is 1. The van der Waals surface area contributed by atoms with Gasteiger partial charge in [-0.3, -0.25) is 14.6 Å². The van der Waals surface area contributed by atoms with E-state index in [4.69, 9.17) is 33.2 Å². The van der Waals surface area contributed by atoms with Gasteiger partial charge >= 0.3 is 0 Å². The SMILES string of the molecule is C=C1N=C(c2ccccc2Cl)c2cc(Cl)ccc2N2C(=O)C(N3CCN(C)CC3)N=C12. The van der Waals surface area contributed by atoms with Crippen molar-refractivity contribution in [1.29, 1.82) is 0 Å². The molecular weight excluding hydrogens is 433 g/mol. The summed E-state index contributed by atoms with van der Waals surface area (Å²) in [6, 6.07) is 12.9. The predicted octanol–water partition coefficient (Wildman–Crippen LogP) is 3.68. The fraction of sp³-hybridized carbons (Fsp3) is 0.261. The van der Waals surface area contributed by atoms with E-state index in [9.17, 15) is 4.79 Å². The van der Waals surface area contributed by atoms with Gasteiger partial charge in [-0.25, -0.2) is 9.98 Å². The van der Waals surface area contributed by atoms with Crippen molar-refractivity contribution in [2.75, 3.05) is 38.1 Å². The molecule has 0 saturated carbocycles. The van der Waals surface area contributed by atoms with Gasteiger partial charge in [0, 0.05) is 47.4 Å². The van der Waals surface area contributed by atoms with Gasteiger partial charge in [0.05, 0.1) is 17.1 Å². The third kappa shape index (κ3) is 3.49. The highest BCUT2D eigenvalue weighted by atomic mass is 35.5. The number of likely N-dealkylation sites (N-methyl/N-ethyl adjacent to an activating group) is 1. The van der Waals surface area contributed by atoms with Crippen molar-refractivity contribution >= 4 is 46.3 Å². The van der Waals surface area contributed by atoms with Crippen LogP contribution in [0.25, 0.3) is 0 Å². The Bertz CT molecular complexity index is 1150. The van der Waals surface area contributed by atoms with Crippen LogP contribution in [0.4, 0.5) is 5.69 Å². The molecule has 1 saturated heterocycles. The highest BCUT2D eigenvalue weighted by molar-refractivity contribution is 6.39. The summed E-state index contributed by atoms with van der Waals surface area (Å²) < 4.78 is 0. The van der Waals surface area contributed by atoms with Crippen LogP contribution in [0.5, 0.6) is 0 Å². The fourth-order valence-electron chi connectivity index (χ4n) is 4.19. The van der Waals surface area contributed by atoms with E-state index in [1.54, 1.807) is 11.0 Å². The molecule has 0 spiro atoms. The molecule has 3 heterocycles. The van der Waals surface area contributed by atoms with Crippen molar-refractivity contribution in [2.24, 2.45) is 9.98 Å². The third-order valence-corrected chi connectivity index (χ3v) is 6.43. The lowest BCUT2D eigenvalue weighted by molar-refractivity contribution is -0.122. The Balaban J connectivity index is 1.64. The number of hydrogen-bond donors (Lipinski definition) is 0.